The van der Waals surface area contributed by atoms with Crippen molar-refractivity contribution in [2.45, 2.75) is 45.6 Å². The Kier molecular flexibility index (Phi) is 2.48. The Morgan fingerprint density at radius 3 is 2.50 bits per heavy atom. The van der Waals surface area contributed by atoms with Gasteiger partial charge in [0.25, 0.3) is 5.56 Å². The van der Waals surface area contributed by atoms with Crippen molar-refractivity contribution in [2.24, 2.45) is 5.92 Å². The van der Waals surface area contributed by atoms with Crippen LogP contribution in [0.15, 0.2) is 10.9 Å². The maximum atomic E-state index is 11.6. The van der Waals surface area contributed by atoms with Crippen molar-refractivity contribution < 1.29 is 0 Å². The lowest BCUT2D eigenvalue weighted by Gasteiger charge is -2.26. The molecule has 0 aromatic carbocycles. The standard InChI is InChI=1S/C11H18N2O/c1-8-3-5-10(6-4-8)13-11(14)7-9(2)12-13/h7-8,10,12H,3-6H2,1-2H3. The first-order valence-electron chi connectivity index (χ1n) is 5.45. The van der Waals surface area contributed by atoms with Gasteiger partial charge in [0, 0.05) is 11.8 Å². The number of hydrogen-bond acceptors (Lipinski definition) is 1. The summed E-state index contributed by atoms with van der Waals surface area (Å²) < 4.78 is 1.81. The molecule has 1 heterocycles. The number of aryl methyl sites for hydroxylation is 1. The number of nitrogens with one attached hydrogen (secondary N) is 1. The Morgan fingerprint density at radius 1 is 1.36 bits per heavy atom. The van der Waals surface area contributed by atoms with Gasteiger partial charge in [0.05, 0.1) is 6.04 Å². The van der Waals surface area contributed by atoms with Crippen LogP contribution in [0.2, 0.25) is 0 Å². The van der Waals surface area contributed by atoms with Gasteiger partial charge in [-0.2, -0.15) is 0 Å². The summed E-state index contributed by atoms with van der Waals surface area (Å²) in [6.45, 7) is 4.22. The van der Waals surface area contributed by atoms with Gasteiger partial charge in [0.2, 0.25) is 0 Å². The van der Waals surface area contributed by atoms with E-state index in [1.807, 2.05) is 6.92 Å². The molecule has 1 fully saturated rings. The summed E-state index contributed by atoms with van der Waals surface area (Å²) in [5, 5.41) is 3.13. The van der Waals surface area contributed by atoms with Gasteiger partial charge < -0.3 is 0 Å². The van der Waals surface area contributed by atoms with Crippen molar-refractivity contribution in [3.05, 3.63) is 22.1 Å². The molecule has 1 aromatic rings. The summed E-state index contributed by atoms with van der Waals surface area (Å²) in [4.78, 5) is 11.6. The molecule has 1 aliphatic carbocycles. The molecule has 0 saturated heterocycles. The third kappa shape index (κ3) is 1.76. The molecule has 2 rings (SSSR count). The second-order valence-corrected chi connectivity index (χ2v) is 4.56. The largest absolute Gasteiger partial charge is 0.300 e. The Morgan fingerprint density at radius 2 is 2.00 bits per heavy atom. The molecular formula is C11H18N2O. The monoisotopic (exact) mass is 194 g/mol. The van der Waals surface area contributed by atoms with E-state index >= 15 is 0 Å². The molecule has 0 unspecified atom stereocenters. The van der Waals surface area contributed by atoms with E-state index in [9.17, 15) is 4.79 Å². The Labute approximate surface area is 84.1 Å². The van der Waals surface area contributed by atoms with Crippen LogP contribution >= 0.6 is 0 Å². The van der Waals surface area contributed by atoms with Crippen LogP contribution in [0.1, 0.15) is 44.3 Å². The summed E-state index contributed by atoms with van der Waals surface area (Å²) in [5.41, 5.74) is 1.09. The molecule has 1 N–H and O–H groups in total. The zero-order valence-electron chi connectivity index (χ0n) is 8.92. The van der Waals surface area contributed by atoms with E-state index in [4.69, 9.17) is 0 Å². The van der Waals surface area contributed by atoms with Crippen LogP contribution in [0.3, 0.4) is 0 Å². The fourth-order valence-corrected chi connectivity index (χ4v) is 2.30. The molecule has 0 amide bonds. The molecule has 3 nitrogen and oxygen atoms in total. The van der Waals surface area contributed by atoms with Crippen LogP contribution in [-0.4, -0.2) is 9.78 Å². The van der Waals surface area contributed by atoms with Crippen LogP contribution in [0.25, 0.3) is 0 Å². The number of rotatable bonds is 1. The van der Waals surface area contributed by atoms with Crippen molar-refractivity contribution in [1.82, 2.24) is 9.78 Å². The highest BCUT2D eigenvalue weighted by molar-refractivity contribution is 4.97. The molecule has 0 radical (unpaired) electrons. The zero-order chi connectivity index (χ0) is 10.1. The summed E-state index contributed by atoms with van der Waals surface area (Å²) in [7, 11) is 0. The fraction of sp³-hybridized carbons (Fsp3) is 0.727. The lowest BCUT2D eigenvalue weighted by molar-refractivity contribution is 0.269. The molecule has 3 heteroatoms. The van der Waals surface area contributed by atoms with E-state index in [0.717, 1.165) is 24.5 Å². The first kappa shape index (κ1) is 9.56. The first-order valence-corrected chi connectivity index (χ1v) is 5.45. The lowest BCUT2D eigenvalue weighted by Crippen LogP contribution is -2.25. The molecule has 78 valence electrons. The van der Waals surface area contributed by atoms with Gasteiger partial charge in [-0.25, -0.2) is 4.68 Å². The molecule has 0 spiro atoms. The topological polar surface area (TPSA) is 37.8 Å². The Bertz CT molecular complexity index is 356. The van der Waals surface area contributed by atoms with E-state index in [2.05, 4.69) is 12.0 Å². The second-order valence-electron chi connectivity index (χ2n) is 4.56. The zero-order valence-corrected chi connectivity index (χ0v) is 8.92. The van der Waals surface area contributed by atoms with Gasteiger partial charge in [-0.3, -0.25) is 9.89 Å². The van der Waals surface area contributed by atoms with Gasteiger partial charge in [-0.15, -0.1) is 0 Å². The number of aromatic amines is 1. The van der Waals surface area contributed by atoms with E-state index in [1.54, 1.807) is 10.7 Å². The molecule has 1 saturated carbocycles. The third-order valence-corrected chi connectivity index (χ3v) is 3.22. The first-order chi connectivity index (χ1) is 6.66. The summed E-state index contributed by atoms with van der Waals surface area (Å²) >= 11 is 0. The van der Waals surface area contributed by atoms with E-state index in [1.165, 1.54) is 12.8 Å². The van der Waals surface area contributed by atoms with Crippen LogP contribution in [0, 0.1) is 12.8 Å². The van der Waals surface area contributed by atoms with Crippen LogP contribution < -0.4 is 5.56 Å². The van der Waals surface area contributed by atoms with Crippen LogP contribution in [0.4, 0.5) is 0 Å². The van der Waals surface area contributed by atoms with Crippen LogP contribution in [-0.2, 0) is 0 Å². The summed E-state index contributed by atoms with van der Waals surface area (Å²) in [5.74, 6) is 0.831. The Hall–Kier alpha value is -0.990. The minimum Gasteiger partial charge on any atom is -0.300 e. The fourth-order valence-electron chi connectivity index (χ4n) is 2.30. The molecule has 1 aromatic heterocycles. The molecule has 0 aliphatic heterocycles. The highest BCUT2D eigenvalue weighted by Gasteiger charge is 2.20. The van der Waals surface area contributed by atoms with Gasteiger partial charge in [0.15, 0.2) is 0 Å². The van der Waals surface area contributed by atoms with E-state index < -0.39 is 0 Å². The molecule has 0 atom stereocenters. The van der Waals surface area contributed by atoms with E-state index in [0.29, 0.717) is 6.04 Å². The molecule has 1 aliphatic rings. The maximum Gasteiger partial charge on any atom is 0.266 e. The average Bonchev–Trinajstić information content (AvgIpc) is 2.47. The van der Waals surface area contributed by atoms with Gasteiger partial charge in [-0.05, 0) is 38.5 Å². The SMILES string of the molecule is Cc1cc(=O)n(C2CCC(C)CC2)[nH]1. The second kappa shape index (κ2) is 3.64. The van der Waals surface area contributed by atoms with Crippen molar-refractivity contribution in [3.8, 4) is 0 Å². The number of hydrogen-bond donors (Lipinski definition) is 1. The Balaban J connectivity index is 2.16. The summed E-state index contributed by atoms with van der Waals surface area (Å²) in [6.07, 6.45) is 4.77. The van der Waals surface area contributed by atoms with Gasteiger partial charge in [0.1, 0.15) is 0 Å². The van der Waals surface area contributed by atoms with Crippen LogP contribution in [0.5, 0.6) is 0 Å². The summed E-state index contributed by atoms with van der Waals surface area (Å²) in [6, 6.07) is 2.09. The predicted octanol–water partition coefficient (Wildman–Crippen LogP) is 2.24. The maximum absolute atomic E-state index is 11.6. The third-order valence-electron chi connectivity index (χ3n) is 3.22. The van der Waals surface area contributed by atoms with Crippen molar-refractivity contribution in [1.29, 1.82) is 0 Å². The lowest BCUT2D eigenvalue weighted by atomic mass is 9.87. The molecular weight excluding hydrogens is 176 g/mol. The van der Waals surface area contributed by atoms with Crippen molar-refractivity contribution in [2.75, 3.05) is 0 Å². The normalized spacial score (nSPS) is 27.9. The number of nitrogens with zero attached hydrogens (tertiary/aromatic N) is 1. The smallest absolute Gasteiger partial charge is 0.266 e. The molecule has 0 bridgehead atoms. The van der Waals surface area contributed by atoms with E-state index in [-0.39, 0.29) is 5.56 Å². The average molecular weight is 194 g/mol. The highest BCUT2D eigenvalue weighted by Crippen LogP contribution is 2.30. The number of H-pyrrole nitrogens is 1. The van der Waals surface area contributed by atoms with Crippen molar-refractivity contribution >= 4 is 0 Å². The van der Waals surface area contributed by atoms with Gasteiger partial charge >= 0.3 is 0 Å². The minimum atomic E-state index is 0.127. The number of aromatic nitrogens is 2. The van der Waals surface area contributed by atoms with Crippen molar-refractivity contribution in [3.63, 3.8) is 0 Å². The quantitative estimate of drug-likeness (QED) is 0.731. The predicted molar refractivity (Wildman–Crippen MR) is 56.5 cm³/mol. The highest BCUT2D eigenvalue weighted by atomic mass is 16.1. The minimum absolute atomic E-state index is 0.127. The molecule has 14 heavy (non-hydrogen) atoms. The van der Waals surface area contributed by atoms with Gasteiger partial charge in [-0.1, -0.05) is 6.92 Å².